The minimum atomic E-state index is -0.363. The molecule has 5 nitrogen and oxygen atoms in total. The zero-order valence-electron chi connectivity index (χ0n) is 7.13. The van der Waals surface area contributed by atoms with Crippen molar-refractivity contribution in [1.29, 1.82) is 0 Å². The summed E-state index contributed by atoms with van der Waals surface area (Å²) in [6.45, 7) is 0.687. The molecule has 13 heavy (non-hydrogen) atoms. The van der Waals surface area contributed by atoms with E-state index in [1.165, 1.54) is 7.11 Å². The summed E-state index contributed by atoms with van der Waals surface area (Å²) in [6, 6.07) is 0. The fraction of sp³-hybridized carbons (Fsp3) is 0.250. The largest absolute Gasteiger partial charge is 0.465 e. The maximum Gasteiger partial charge on any atom is 0.341 e. The Morgan fingerprint density at radius 2 is 2.54 bits per heavy atom. The molecule has 0 saturated heterocycles. The van der Waals surface area contributed by atoms with Gasteiger partial charge in [-0.2, -0.15) is 5.10 Å². The van der Waals surface area contributed by atoms with Gasteiger partial charge in [0.05, 0.1) is 19.0 Å². The fourth-order valence-electron chi connectivity index (χ4n) is 1.28. The molecule has 0 amide bonds. The number of carbonyl (C=O) groups is 1. The molecular formula is C8H9N3O2. The van der Waals surface area contributed by atoms with Crippen LogP contribution >= 0.6 is 0 Å². The van der Waals surface area contributed by atoms with E-state index < -0.39 is 0 Å². The van der Waals surface area contributed by atoms with Gasteiger partial charge in [-0.25, -0.2) is 4.79 Å². The second kappa shape index (κ2) is 2.93. The van der Waals surface area contributed by atoms with E-state index >= 15 is 0 Å². The minimum Gasteiger partial charge on any atom is -0.465 e. The molecule has 68 valence electrons. The maximum atomic E-state index is 11.2. The zero-order chi connectivity index (χ0) is 9.26. The van der Waals surface area contributed by atoms with Gasteiger partial charge in [0.2, 0.25) is 0 Å². The van der Waals surface area contributed by atoms with Gasteiger partial charge in [0.15, 0.2) is 0 Å². The van der Waals surface area contributed by atoms with Gasteiger partial charge in [-0.1, -0.05) is 0 Å². The highest BCUT2D eigenvalue weighted by molar-refractivity contribution is 6.16. The van der Waals surface area contributed by atoms with Crippen LogP contribution in [0.2, 0.25) is 0 Å². The van der Waals surface area contributed by atoms with Crippen molar-refractivity contribution >= 4 is 11.5 Å². The highest BCUT2D eigenvalue weighted by Crippen LogP contribution is 2.20. The number of hydrogen-bond donors (Lipinski definition) is 2. The molecule has 1 aliphatic rings. The summed E-state index contributed by atoms with van der Waals surface area (Å²) < 4.78 is 4.62. The second-order valence-electron chi connectivity index (χ2n) is 2.70. The van der Waals surface area contributed by atoms with Crippen molar-refractivity contribution in [3.05, 3.63) is 23.7 Å². The minimum absolute atomic E-state index is 0.363. The lowest BCUT2D eigenvalue weighted by Gasteiger charge is -2.12. The van der Waals surface area contributed by atoms with Crippen LogP contribution in [0.3, 0.4) is 0 Å². The first kappa shape index (κ1) is 7.85. The topological polar surface area (TPSA) is 67.0 Å². The number of nitrogens with zero attached hydrogens (tertiary/aromatic N) is 1. The predicted octanol–water partition coefficient (Wildman–Crippen LogP) is 0.0268. The third-order valence-electron chi connectivity index (χ3n) is 1.93. The highest BCUT2D eigenvalue weighted by atomic mass is 16.5. The summed E-state index contributed by atoms with van der Waals surface area (Å²) in [5, 5.41) is 9.59. The molecule has 0 fully saturated rings. The molecular weight excluding hydrogens is 170 g/mol. The van der Waals surface area contributed by atoms with Crippen molar-refractivity contribution in [3.8, 4) is 0 Å². The Morgan fingerprint density at radius 3 is 3.31 bits per heavy atom. The number of fused-ring (bicyclic) bond motifs is 1. The van der Waals surface area contributed by atoms with Crippen LogP contribution in [0.15, 0.2) is 12.4 Å². The van der Waals surface area contributed by atoms with Crippen LogP contribution in [0.1, 0.15) is 11.3 Å². The molecule has 0 aromatic carbocycles. The van der Waals surface area contributed by atoms with Crippen molar-refractivity contribution in [2.24, 2.45) is 0 Å². The highest BCUT2D eigenvalue weighted by Gasteiger charge is 2.20. The van der Waals surface area contributed by atoms with Gasteiger partial charge in [-0.15, -0.1) is 0 Å². The number of H-pyrrole nitrogens is 1. The molecule has 0 aliphatic carbocycles. The van der Waals surface area contributed by atoms with Crippen LogP contribution in [0.5, 0.6) is 0 Å². The standard InChI is InChI=1S/C8H9N3O2/c1-13-8(12)6-4-9-2-5-3-10-11-7(5)6/h3-4,9H,2H2,1H3,(H,10,11). The van der Waals surface area contributed by atoms with E-state index in [0.29, 0.717) is 12.1 Å². The van der Waals surface area contributed by atoms with Crippen molar-refractivity contribution in [1.82, 2.24) is 15.5 Å². The zero-order valence-corrected chi connectivity index (χ0v) is 7.13. The molecule has 0 saturated carbocycles. The van der Waals surface area contributed by atoms with Gasteiger partial charge < -0.3 is 10.1 Å². The Kier molecular flexibility index (Phi) is 1.77. The summed E-state index contributed by atoms with van der Waals surface area (Å²) in [7, 11) is 1.35. The molecule has 1 aliphatic heterocycles. The van der Waals surface area contributed by atoms with Gasteiger partial charge in [-0.3, -0.25) is 5.10 Å². The molecule has 2 N–H and O–H groups in total. The summed E-state index contributed by atoms with van der Waals surface area (Å²) in [5.74, 6) is -0.363. The maximum absolute atomic E-state index is 11.2. The van der Waals surface area contributed by atoms with Gasteiger partial charge in [-0.05, 0) is 0 Å². The lowest BCUT2D eigenvalue weighted by molar-refractivity contribution is -0.133. The second-order valence-corrected chi connectivity index (χ2v) is 2.70. The van der Waals surface area contributed by atoms with Gasteiger partial charge in [0.1, 0.15) is 5.57 Å². The fourth-order valence-corrected chi connectivity index (χ4v) is 1.28. The lowest BCUT2D eigenvalue weighted by Crippen LogP contribution is -2.17. The van der Waals surface area contributed by atoms with Gasteiger partial charge >= 0.3 is 5.97 Å². The number of nitrogens with one attached hydrogen (secondary N) is 2. The number of esters is 1. The van der Waals surface area contributed by atoms with Crippen LogP contribution < -0.4 is 5.32 Å². The van der Waals surface area contributed by atoms with Crippen LogP contribution in [0.25, 0.3) is 5.57 Å². The number of carbonyl (C=O) groups excluding carboxylic acids is 1. The van der Waals surface area contributed by atoms with Crippen molar-refractivity contribution in [2.45, 2.75) is 6.54 Å². The van der Waals surface area contributed by atoms with Crippen LogP contribution in [0, 0.1) is 0 Å². The van der Waals surface area contributed by atoms with Crippen LogP contribution in [-0.2, 0) is 16.1 Å². The molecule has 2 rings (SSSR count). The van der Waals surface area contributed by atoms with E-state index in [-0.39, 0.29) is 5.97 Å². The molecule has 0 spiro atoms. The van der Waals surface area contributed by atoms with E-state index in [2.05, 4.69) is 20.3 Å². The Balaban J connectivity index is 2.41. The molecule has 1 aromatic rings. The third-order valence-corrected chi connectivity index (χ3v) is 1.93. The van der Waals surface area contributed by atoms with Gasteiger partial charge in [0.25, 0.3) is 0 Å². The number of methoxy groups -OCH3 is 1. The van der Waals surface area contributed by atoms with Crippen molar-refractivity contribution in [2.75, 3.05) is 7.11 Å². The quantitative estimate of drug-likeness (QED) is 0.597. The van der Waals surface area contributed by atoms with Crippen LogP contribution in [-0.4, -0.2) is 23.3 Å². The molecule has 1 aromatic heterocycles. The summed E-state index contributed by atoms with van der Waals surface area (Å²) in [5.41, 5.74) is 2.20. The van der Waals surface area contributed by atoms with E-state index in [1.54, 1.807) is 12.4 Å². The summed E-state index contributed by atoms with van der Waals surface area (Å²) in [4.78, 5) is 11.2. The first-order chi connectivity index (χ1) is 6.33. The predicted molar refractivity (Wildman–Crippen MR) is 45.4 cm³/mol. The van der Waals surface area contributed by atoms with Crippen molar-refractivity contribution in [3.63, 3.8) is 0 Å². The van der Waals surface area contributed by atoms with Crippen LogP contribution in [0.4, 0.5) is 0 Å². The van der Waals surface area contributed by atoms with Gasteiger partial charge in [0, 0.05) is 18.3 Å². The number of rotatable bonds is 1. The molecule has 0 bridgehead atoms. The average molecular weight is 179 g/mol. The number of ether oxygens (including phenoxy) is 1. The van der Waals surface area contributed by atoms with E-state index in [1.807, 2.05) is 0 Å². The monoisotopic (exact) mass is 179 g/mol. The van der Waals surface area contributed by atoms with E-state index in [4.69, 9.17) is 0 Å². The molecule has 0 atom stereocenters. The first-order valence-corrected chi connectivity index (χ1v) is 3.87. The SMILES string of the molecule is COC(=O)C1=CNCc2cn[nH]c21. The number of aromatic nitrogens is 2. The average Bonchev–Trinajstić information content (AvgIpc) is 2.63. The summed E-state index contributed by atoms with van der Waals surface area (Å²) in [6.07, 6.45) is 3.32. The smallest absolute Gasteiger partial charge is 0.341 e. The Hall–Kier alpha value is -1.78. The Morgan fingerprint density at radius 1 is 1.69 bits per heavy atom. The molecule has 5 heteroatoms. The van der Waals surface area contributed by atoms with E-state index in [0.717, 1.165) is 11.3 Å². The number of aromatic amines is 1. The first-order valence-electron chi connectivity index (χ1n) is 3.87. The molecule has 0 unspecified atom stereocenters. The third kappa shape index (κ3) is 1.18. The van der Waals surface area contributed by atoms with E-state index in [9.17, 15) is 4.79 Å². The summed E-state index contributed by atoms with van der Waals surface area (Å²) >= 11 is 0. The van der Waals surface area contributed by atoms with Crippen molar-refractivity contribution < 1.29 is 9.53 Å². The Bertz CT molecular complexity index is 367. The molecule has 2 heterocycles. The molecule has 0 radical (unpaired) electrons. The normalized spacial score (nSPS) is 14.1. The lowest BCUT2D eigenvalue weighted by atomic mass is 10.1. The Labute approximate surface area is 74.8 Å². The number of hydrogen-bond acceptors (Lipinski definition) is 4.